The van der Waals surface area contributed by atoms with Gasteiger partial charge in [0.05, 0.1) is 0 Å². The zero-order valence-electron chi connectivity index (χ0n) is 15.6. The third-order valence-corrected chi connectivity index (χ3v) is 18.4. The van der Waals surface area contributed by atoms with Crippen LogP contribution in [0.5, 0.6) is 0 Å². The maximum absolute atomic E-state index is 7.80. The monoisotopic (exact) mass is 318 g/mol. The van der Waals surface area contributed by atoms with E-state index in [0.29, 0.717) is 15.1 Å². The Morgan fingerprint density at radius 3 is 0.800 bits per heavy atom. The van der Waals surface area contributed by atoms with Crippen molar-refractivity contribution in [2.24, 2.45) is 0 Å². The minimum absolute atomic E-state index is 0.316. The summed E-state index contributed by atoms with van der Waals surface area (Å²) in [5.74, 6) is 0. The summed E-state index contributed by atoms with van der Waals surface area (Å²) in [6, 6.07) is 0. The van der Waals surface area contributed by atoms with Crippen molar-refractivity contribution in [2.45, 2.75) is 116 Å². The lowest BCUT2D eigenvalue weighted by Gasteiger charge is -2.60. The van der Waals surface area contributed by atoms with Crippen LogP contribution in [-0.2, 0) is 0 Å². The van der Waals surface area contributed by atoms with Crippen molar-refractivity contribution < 1.29 is 0 Å². The Hall–Kier alpha value is 0.507. The van der Waals surface area contributed by atoms with Gasteiger partial charge in [-0.25, -0.2) is 0 Å². The fourth-order valence-corrected chi connectivity index (χ4v) is 14.1. The predicted octanol–water partition coefficient (Wildman–Crippen LogP) is 7.91. The zero-order chi connectivity index (χ0) is 16.2. The van der Waals surface area contributed by atoms with Crippen LogP contribution in [0.4, 0.5) is 0 Å². The molecule has 0 aromatic heterocycles. The molecule has 0 heterocycles. The summed E-state index contributed by atoms with van der Waals surface area (Å²) in [5, 5.41) is 0.947. The van der Waals surface area contributed by atoms with E-state index >= 15 is 0 Å². The third-order valence-electron chi connectivity index (χ3n) is 7.18. The lowest BCUT2D eigenvalue weighted by molar-refractivity contribution is 0.405. The summed E-state index contributed by atoms with van der Waals surface area (Å²) in [7, 11) is -2.04. The summed E-state index contributed by atoms with van der Waals surface area (Å²) in [6.45, 7) is 21.6. The second-order valence-electron chi connectivity index (χ2n) is 7.46. The highest BCUT2D eigenvalue weighted by Gasteiger charge is 2.65. The molecule has 0 atom stereocenters. The van der Waals surface area contributed by atoms with Gasteiger partial charge in [0.25, 0.3) is 0 Å². The van der Waals surface area contributed by atoms with E-state index in [1.165, 1.54) is 38.5 Å². The molecule has 0 radical (unpaired) electrons. The van der Waals surface area contributed by atoms with Gasteiger partial charge in [0, 0.05) is 0 Å². The zero-order valence-corrected chi connectivity index (χ0v) is 17.4. The fourth-order valence-electron chi connectivity index (χ4n) is 4.40. The Kier molecular flexibility index (Phi) is 7.36. The number of hydrogen-bond acceptors (Lipinski definition) is 0. The average molecular weight is 319 g/mol. The van der Waals surface area contributed by atoms with Gasteiger partial charge < -0.3 is 0 Å². The normalized spacial score (nSPS) is 14.7. The van der Waals surface area contributed by atoms with E-state index in [9.17, 15) is 0 Å². The van der Waals surface area contributed by atoms with Gasteiger partial charge >= 0.3 is 0 Å². The first-order valence-electron chi connectivity index (χ1n) is 8.80. The summed E-state index contributed by atoms with van der Waals surface area (Å²) < 4.78 is 0. The Morgan fingerprint density at radius 1 is 0.550 bits per heavy atom. The van der Waals surface area contributed by atoms with Gasteiger partial charge in [-0.15, -0.1) is 0 Å². The highest BCUT2D eigenvalue weighted by molar-refractivity contribution is 7.25. The van der Waals surface area contributed by atoms with Crippen LogP contribution in [0.25, 0.3) is 0 Å². The minimum atomic E-state index is -2.04. The summed E-state index contributed by atoms with van der Waals surface area (Å²) in [5.41, 5.74) is 0. The van der Waals surface area contributed by atoms with Gasteiger partial charge in [0.2, 0.25) is 0 Å². The van der Waals surface area contributed by atoms with Crippen LogP contribution < -0.4 is 0 Å². The Bertz CT molecular complexity index is 240. The van der Waals surface area contributed by atoms with Crippen molar-refractivity contribution in [3.8, 4) is 0 Å². The lowest BCUT2D eigenvalue weighted by atomic mass is 10.0. The molecule has 0 saturated heterocycles. The summed E-state index contributed by atoms with van der Waals surface area (Å²) in [4.78, 5) is 0. The van der Waals surface area contributed by atoms with Crippen molar-refractivity contribution in [1.82, 2.24) is 0 Å². The standard InChI is InChI=1S/C18H39ClSi/c1-10-16(7,11-2)20(19,17(8,12-3)13-4)18(9,14-5)15-6/h10-15H2,1-9H3. The molecule has 0 saturated carbocycles. The molecule has 2 heteroatoms. The third kappa shape index (κ3) is 2.74. The van der Waals surface area contributed by atoms with Crippen molar-refractivity contribution in [1.29, 1.82) is 0 Å². The van der Waals surface area contributed by atoms with Gasteiger partial charge in [-0.3, -0.25) is 0 Å². The largest absolute Gasteiger partial charge is 0.173 e. The molecule has 0 aromatic carbocycles. The molecular weight excluding hydrogens is 280 g/mol. The van der Waals surface area contributed by atoms with Crippen LogP contribution in [0, 0.1) is 0 Å². The van der Waals surface area contributed by atoms with E-state index < -0.39 is 7.38 Å². The van der Waals surface area contributed by atoms with Crippen molar-refractivity contribution in [2.75, 3.05) is 0 Å². The Balaban J connectivity index is 6.34. The average Bonchev–Trinajstić information content (AvgIpc) is 2.51. The van der Waals surface area contributed by atoms with E-state index in [1.54, 1.807) is 0 Å². The van der Waals surface area contributed by atoms with Crippen molar-refractivity contribution >= 4 is 18.5 Å². The van der Waals surface area contributed by atoms with E-state index in [1.807, 2.05) is 0 Å². The molecule has 0 aliphatic carbocycles. The Labute approximate surface area is 134 Å². The predicted molar refractivity (Wildman–Crippen MR) is 98.5 cm³/mol. The lowest BCUT2D eigenvalue weighted by Crippen LogP contribution is -2.58. The first-order valence-corrected chi connectivity index (χ1v) is 11.8. The topological polar surface area (TPSA) is 0 Å². The van der Waals surface area contributed by atoms with Crippen LogP contribution in [0.15, 0.2) is 0 Å². The molecule has 0 amide bonds. The van der Waals surface area contributed by atoms with E-state index in [-0.39, 0.29) is 0 Å². The first-order chi connectivity index (χ1) is 9.11. The van der Waals surface area contributed by atoms with E-state index in [4.69, 9.17) is 11.1 Å². The van der Waals surface area contributed by atoms with Crippen molar-refractivity contribution in [3.05, 3.63) is 0 Å². The van der Waals surface area contributed by atoms with Crippen LogP contribution in [0.1, 0.15) is 101 Å². The van der Waals surface area contributed by atoms with Gasteiger partial charge in [0.15, 0.2) is 7.38 Å². The van der Waals surface area contributed by atoms with Crippen LogP contribution >= 0.6 is 11.1 Å². The van der Waals surface area contributed by atoms with E-state index in [0.717, 1.165) is 0 Å². The first kappa shape index (κ1) is 20.5. The van der Waals surface area contributed by atoms with Crippen molar-refractivity contribution in [3.63, 3.8) is 0 Å². The molecular formula is C18H39ClSi. The van der Waals surface area contributed by atoms with Gasteiger partial charge in [-0.1, -0.05) is 101 Å². The number of halogens is 1. The maximum atomic E-state index is 7.80. The summed E-state index contributed by atoms with van der Waals surface area (Å²) in [6.07, 6.45) is 7.28. The SMILES string of the molecule is CCC(C)(CC)[Si](Cl)(C(C)(CC)CC)C(C)(CC)CC. The Morgan fingerprint density at radius 2 is 0.700 bits per heavy atom. The number of hydrogen-bond donors (Lipinski definition) is 0. The molecule has 0 unspecified atom stereocenters. The molecule has 0 bridgehead atoms. The molecule has 0 N–H and O–H groups in total. The second-order valence-corrected chi connectivity index (χ2v) is 14.1. The molecule has 0 aromatic rings. The van der Waals surface area contributed by atoms with Gasteiger partial charge in [-0.2, -0.15) is 11.1 Å². The van der Waals surface area contributed by atoms with Gasteiger partial charge in [0.1, 0.15) is 0 Å². The smallest absolute Gasteiger partial charge is 0.165 e. The highest BCUT2D eigenvalue weighted by Crippen LogP contribution is 2.71. The molecule has 0 fully saturated rings. The fraction of sp³-hybridized carbons (Fsp3) is 1.00. The molecule has 0 rings (SSSR count). The van der Waals surface area contributed by atoms with Crippen LogP contribution in [-0.4, -0.2) is 7.38 Å². The molecule has 0 spiro atoms. The molecule has 0 aliphatic rings. The maximum Gasteiger partial charge on any atom is 0.173 e. The molecule has 0 aliphatic heterocycles. The van der Waals surface area contributed by atoms with E-state index in [2.05, 4.69) is 62.3 Å². The highest BCUT2D eigenvalue weighted by atomic mass is 35.6. The quantitative estimate of drug-likeness (QED) is 0.299. The van der Waals surface area contributed by atoms with Gasteiger partial charge in [-0.05, 0) is 15.1 Å². The second kappa shape index (κ2) is 7.18. The van der Waals surface area contributed by atoms with Crippen LogP contribution in [0.3, 0.4) is 0 Å². The van der Waals surface area contributed by atoms with Crippen LogP contribution in [0.2, 0.25) is 15.1 Å². The molecule has 122 valence electrons. The molecule has 0 nitrogen and oxygen atoms in total. The summed E-state index contributed by atoms with van der Waals surface area (Å²) >= 11 is 7.80. The minimum Gasteiger partial charge on any atom is -0.165 e. The number of rotatable bonds is 9. The molecule has 20 heavy (non-hydrogen) atoms.